The smallest absolute Gasteiger partial charge is 0.257 e. The van der Waals surface area contributed by atoms with Crippen LogP contribution in [0, 0.1) is 0 Å². The third-order valence-electron chi connectivity index (χ3n) is 5.25. The molecular formula is C23H23N3O4S. The number of carbonyl (C=O) groups excluding carboxylic acids is 2. The lowest BCUT2D eigenvalue weighted by Gasteiger charge is -2.14. The molecule has 0 bridgehead atoms. The number of phenolic OH excluding ortho intramolecular Hbond substituents is 1. The van der Waals surface area contributed by atoms with Crippen LogP contribution in [0.4, 0.5) is 5.00 Å². The standard InChI is InChI=1S/C23H23N3O4S/c1-30-18-11-14(8-9-17(18)27)12-25-22(29)20-16-6-2-3-7-19(16)31-23(20)26-21(28)15-5-4-10-24-13-15/h4-5,8-11,13,27H,2-3,6-7,12H2,1H3,(H,25,29)(H,26,28). The van der Waals surface area contributed by atoms with Crippen molar-refractivity contribution in [1.82, 2.24) is 10.3 Å². The van der Waals surface area contributed by atoms with Gasteiger partial charge in [0, 0.05) is 23.8 Å². The number of fused-ring (bicyclic) bond motifs is 1. The molecule has 1 aliphatic rings. The van der Waals surface area contributed by atoms with Crippen molar-refractivity contribution in [2.45, 2.75) is 32.2 Å². The fraction of sp³-hybridized carbons (Fsp3) is 0.261. The molecule has 0 aliphatic heterocycles. The first kappa shape index (κ1) is 20.9. The van der Waals surface area contributed by atoms with Gasteiger partial charge in [-0.2, -0.15) is 0 Å². The first-order valence-electron chi connectivity index (χ1n) is 10.1. The van der Waals surface area contributed by atoms with Crippen LogP contribution in [0.5, 0.6) is 11.5 Å². The number of amides is 2. The molecule has 2 aromatic heterocycles. The van der Waals surface area contributed by atoms with Gasteiger partial charge in [-0.15, -0.1) is 11.3 Å². The molecule has 0 spiro atoms. The van der Waals surface area contributed by atoms with Gasteiger partial charge in [0.1, 0.15) is 5.00 Å². The Hall–Kier alpha value is -3.39. The van der Waals surface area contributed by atoms with E-state index in [9.17, 15) is 14.7 Å². The van der Waals surface area contributed by atoms with Crippen molar-refractivity contribution in [1.29, 1.82) is 0 Å². The second-order valence-electron chi connectivity index (χ2n) is 7.30. The second kappa shape index (κ2) is 9.18. The largest absolute Gasteiger partial charge is 0.504 e. The van der Waals surface area contributed by atoms with Crippen molar-refractivity contribution in [3.63, 3.8) is 0 Å². The molecule has 1 aromatic carbocycles. The fourth-order valence-corrected chi connectivity index (χ4v) is 4.95. The van der Waals surface area contributed by atoms with Gasteiger partial charge in [-0.3, -0.25) is 14.6 Å². The van der Waals surface area contributed by atoms with Crippen LogP contribution in [0.15, 0.2) is 42.7 Å². The number of ether oxygens (including phenoxy) is 1. The van der Waals surface area contributed by atoms with Crippen LogP contribution in [-0.2, 0) is 19.4 Å². The topological polar surface area (TPSA) is 101 Å². The van der Waals surface area contributed by atoms with Crippen LogP contribution < -0.4 is 15.4 Å². The van der Waals surface area contributed by atoms with E-state index in [1.54, 1.807) is 30.5 Å². The van der Waals surface area contributed by atoms with Gasteiger partial charge in [0.15, 0.2) is 11.5 Å². The van der Waals surface area contributed by atoms with E-state index >= 15 is 0 Å². The Kier molecular flexibility index (Phi) is 6.18. The number of nitrogens with zero attached hydrogens (tertiary/aromatic N) is 1. The van der Waals surface area contributed by atoms with E-state index in [4.69, 9.17) is 4.74 Å². The monoisotopic (exact) mass is 437 g/mol. The average molecular weight is 438 g/mol. The predicted octanol–water partition coefficient (Wildman–Crippen LogP) is 3.92. The molecule has 3 N–H and O–H groups in total. The number of methoxy groups -OCH3 is 1. The number of aromatic nitrogens is 1. The molecule has 0 saturated carbocycles. The first-order valence-corrected chi connectivity index (χ1v) is 10.9. The lowest BCUT2D eigenvalue weighted by molar-refractivity contribution is 0.0951. The Morgan fingerprint density at radius 2 is 2.03 bits per heavy atom. The van der Waals surface area contributed by atoms with Crippen molar-refractivity contribution in [3.8, 4) is 11.5 Å². The number of hydrogen-bond acceptors (Lipinski definition) is 6. The summed E-state index contributed by atoms with van der Waals surface area (Å²) >= 11 is 1.48. The van der Waals surface area contributed by atoms with Gasteiger partial charge >= 0.3 is 0 Å². The van der Waals surface area contributed by atoms with Crippen molar-refractivity contribution < 1.29 is 19.4 Å². The summed E-state index contributed by atoms with van der Waals surface area (Å²) in [5, 5.41) is 16.2. The Bertz CT molecular complexity index is 1110. The minimum Gasteiger partial charge on any atom is -0.504 e. The normalized spacial score (nSPS) is 12.7. The number of pyridine rings is 1. The van der Waals surface area contributed by atoms with Crippen molar-refractivity contribution in [3.05, 3.63) is 69.9 Å². The fourth-order valence-electron chi connectivity index (χ4n) is 3.67. The molecule has 7 nitrogen and oxygen atoms in total. The quantitative estimate of drug-likeness (QED) is 0.543. The Balaban J connectivity index is 1.57. The second-order valence-corrected chi connectivity index (χ2v) is 8.40. The molecule has 3 aromatic rings. The predicted molar refractivity (Wildman–Crippen MR) is 119 cm³/mol. The maximum absolute atomic E-state index is 13.2. The lowest BCUT2D eigenvalue weighted by atomic mass is 9.95. The van der Waals surface area contributed by atoms with E-state index in [-0.39, 0.29) is 24.1 Å². The summed E-state index contributed by atoms with van der Waals surface area (Å²) in [4.78, 5) is 31.0. The van der Waals surface area contributed by atoms with E-state index in [0.29, 0.717) is 21.9 Å². The van der Waals surface area contributed by atoms with E-state index in [1.807, 2.05) is 0 Å². The zero-order valence-corrected chi connectivity index (χ0v) is 17.9. The van der Waals surface area contributed by atoms with Crippen LogP contribution in [0.3, 0.4) is 0 Å². The number of anilines is 1. The maximum atomic E-state index is 13.2. The highest BCUT2D eigenvalue weighted by atomic mass is 32.1. The number of thiophene rings is 1. The third kappa shape index (κ3) is 4.54. The minimum absolute atomic E-state index is 0.0462. The van der Waals surface area contributed by atoms with Crippen LogP contribution in [0.1, 0.15) is 49.6 Å². The van der Waals surface area contributed by atoms with Crippen molar-refractivity contribution in [2.75, 3.05) is 12.4 Å². The molecule has 160 valence electrons. The molecular weight excluding hydrogens is 414 g/mol. The number of aryl methyl sites for hydroxylation is 1. The number of aromatic hydroxyl groups is 1. The number of nitrogens with one attached hydrogen (secondary N) is 2. The van der Waals surface area contributed by atoms with Gasteiger partial charge < -0.3 is 20.5 Å². The Morgan fingerprint density at radius 1 is 1.19 bits per heavy atom. The number of hydrogen-bond donors (Lipinski definition) is 3. The van der Waals surface area contributed by atoms with Crippen LogP contribution in [-0.4, -0.2) is 29.0 Å². The van der Waals surface area contributed by atoms with Crippen molar-refractivity contribution >= 4 is 28.2 Å². The summed E-state index contributed by atoms with van der Waals surface area (Å²) in [6, 6.07) is 8.34. The lowest BCUT2D eigenvalue weighted by Crippen LogP contribution is -2.25. The molecule has 1 aliphatic carbocycles. The molecule has 4 rings (SSSR count). The average Bonchev–Trinajstić information content (AvgIpc) is 3.16. The molecule has 0 unspecified atom stereocenters. The molecule has 0 radical (unpaired) electrons. The molecule has 0 atom stereocenters. The van der Waals surface area contributed by atoms with E-state index in [1.165, 1.54) is 30.7 Å². The summed E-state index contributed by atoms with van der Waals surface area (Å²) in [5.41, 5.74) is 2.81. The maximum Gasteiger partial charge on any atom is 0.257 e. The molecule has 0 fully saturated rings. The Morgan fingerprint density at radius 3 is 2.81 bits per heavy atom. The summed E-state index contributed by atoms with van der Waals surface area (Å²) in [5.74, 6) is -0.120. The van der Waals surface area contributed by atoms with Gasteiger partial charge in [0.2, 0.25) is 0 Å². The first-order chi connectivity index (χ1) is 15.1. The van der Waals surface area contributed by atoms with E-state index in [2.05, 4.69) is 15.6 Å². The summed E-state index contributed by atoms with van der Waals surface area (Å²) in [6.45, 7) is 0.274. The zero-order valence-electron chi connectivity index (χ0n) is 17.1. The SMILES string of the molecule is COc1cc(CNC(=O)c2c(NC(=O)c3cccnc3)sc3c2CCCC3)ccc1O. The van der Waals surface area contributed by atoms with Crippen LogP contribution in [0.2, 0.25) is 0 Å². The van der Waals surface area contributed by atoms with Crippen LogP contribution in [0.25, 0.3) is 0 Å². The van der Waals surface area contributed by atoms with E-state index in [0.717, 1.165) is 41.7 Å². The molecule has 0 saturated heterocycles. The highest BCUT2D eigenvalue weighted by molar-refractivity contribution is 7.17. The number of rotatable bonds is 6. The zero-order chi connectivity index (χ0) is 21.8. The molecule has 31 heavy (non-hydrogen) atoms. The molecule has 2 heterocycles. The number of phenols is 1. The molecule has 8 heteroatoms. The number of benzene rings is 1. The number of carbonyl (C=O) groups is 2. The third-order valence-corrected chi connectivity index (χ3v) is 6.45. The minimum atomic E-state index is -0.288. The summed E-state index contributed by atoms with van der Waals surface area (Å²) < 4.78 is 5.13. The summed E-state index contributed by atoms with van der Waals surface area (Å²) in [6.07, 6.45) is 6.95. The molecule has 2 amide bonds. The van der Waals surface area contributed by atoms with Crippen LogP contribution >= 0.6 is 11.3 Å². The highest BCUT2D eigenvalue weighted by Gasteiger charge is 2.26. The van der Waals surface area contributed by atoms with Gasteiger partial charge in [0.05, 0.1) is 18.2 Å². The highest BCUT2D eigenvalue weighted by Crippen LogP contribution is 2.38. The van der Waals surface area contributed by atoms with Gasteiger partial charge in [0.25, 0.3) is 11.8 Å². The summed E-state index contributed by atoms with van der Waals surface area (Å²) in [7, 11) is 1.48. The van der Waals surface area contributed by atoms with Gasteiger partial charge in [-0.1, -0.05) is 6.07 Å². The van der Waals surface area contributed by atoms with Gasteiger partial charge in [-0.05, 0) is 61.1 Å². The van der Waals surface area contributed by atoms with Crippen molar-refractivity contribution in [2.24, 2.45) is 0 Å². The Labute approximate surface area is 184 Å². The van der Waals surface area contributed by atoms with Gasteiger partial charge in [-0.25, -0.2) is 0 Å². The van der Waals surface area contributed by atoms with E-state index < -0.39 is 0 Å².